The predicted molar refractivity (Wildman–Crippen MR) is 153 cm³/mol. The SMILES string of the molecule is CC(=O)Nc1ccc(NC(=O)[C@H](C(C)C)N2C(=O)[C@@H]3[C@@H](C2=O)C2(Cl)c4ccccc4C3(Cl)c3ccccc32)cc1. The molecule has 7 nitrogen and oxygen atoms in total. The highest BCUT2D eigenvalue weighted by atomic mass is 35.5. The van der Waals surface area contributed by atoms with E-state index in [9.17, 15) is 19.2 Å². The first-order valence-corrected chi connectivity index (χ1v) is 13.9. The van der Waals surface area contributed by atoms with Gasteiger partial charge >= 0.3 is 0 Å². The molecule has 1 aliphatic heterocycles. The molecule has 1 fully saturated rings. The van der Waals surface area contributed by atoms with Crippen molar-refractivity contribution in [1.29, 1.82) is 0 Å². The Kier molecular flexibility index (Phi) is 6.09. The summed E-state index contributed by atoms with van der Waals surface area (Å²) in [7, 11) is 0. The Morgan fingerprint density at radius 2 is 1.10 bits per heavy atom. The molecule has 9 heteroatoms. The van der Waals surface area contributed by atoms with Crippen molar-refractivity contribution in [3.05, 3.63) is 95.1 Å². The Morgan fingerprint density at radius 3 is 1.45 bits per heavy atom. The van der Waals surface area contributed by atoms with Gasteiger partial charge in [-0.3, -0.25) is 24.1 Å². The normalized spacial score (nSPS) is 26.7. The van der Waals surface area contributed by atoms with Gasteiger partial charge in [0.25, 0.3) is 0 Å². The molecule has 3 aliphatic carbocycles. The summed E-state index contributed by atoms with van der Waals surface area (Å²) in [6, 6.07) is 20.4. The van der Waals surface area contributed by atoms with Crippen LogP contribution in [0.3, 0.4) is 0 Å². The lowest BCUT2D eigenvalue weighted by atomic mass is 9.54. The topological polar surface area (TPSA) is 95.6 Å². The average molecular weight is 576 g/mol. The van der Waals surface area contributed by atoms with E-state index in [0.29, 0.717) is 33.6 Å². The van der Waals surface area contributed by atoms with Crippen molar-refractivity contribution in [3.63, 3.8) is 0 Å². The van der Waals surface area contributed by atoms with E-state index in [1.165, 1.54) is 6.92 Å². The van der Waals surface area contributed by atoms with Crippen LogP contribution < -0.4 is 10.6 Å². The zero-order valence-electron chi connectivity index (χ0n) is 22.1. The number of halogens is 2. The molecule has 0 spiro atoms. The lowest BCUT2D eigenvalue weighted by Gasteiger charge is -2.54. The predicted octanol–water partition coefficient (Wildman–Crippen LogP) is 5.20. The number of nitrogens with zero attached hydrogens (tertiary/aromatic N) is 1. The molecule has 3 atom stereocenters. The van der Waals surface area contributed by atoms with Crippen molar-refractivity contribution in [2.45, 2.75) is 36.6 Å². The monoisotopic (exact) mass is 575 g/mol. The fraction of sp³-hybridized carbons (Fsp3) is 0.290. The van der Waals surface area contributed by atoms with E-state index in [1.54, 1.807) is 38.1 Å². The number of alkyl halides is 2. The number of anilines is 2. The number of benzene rings is 3. The van der Waals surface area contributed by atoms with E-state index in [4.69, 9.17) is 23.2 Å². The van der Waals surface area contributed by atoms with Crippen LogP contribution in [0.4, 0.5) is 11.4 Å². The van der Waals surface area contributed by atoms with Gasteiger partial charge in [-0.1, -0.05) is 62.4 Å². The van der Waals surface area contributed by atoms with E-state index in [0.717, 1.165) is 4.90 Å². The number of hydrogen-bond donors (Lipinski definition) is 2. The van der Waals surface area contributed by atoms with Crippen LogP contribution in [0, 0.1) is 17.8 Å². The minimum atomic E-state index is -1.31. The lowest BCUT2D eigenvalue weighted by Crippen LogP contribution is -2.57. The van der Waals surface area contributed by atoms with Gasteiger partial charge < -0.3 is 10.6 Å². The summed E-state index contributed by atoms with van der Waals surface area (Å²) in [6.07, 6.45) is 0. The summed E-state index contributed by atoms with van der Waals surface area (Å²) in [5, 5.41) is 5.50. The van der Waals surface area contributed by atoms with Crippen LogP contribution in [0.25, 0.3) is 0 Å². The number of carbonyl (C=O) groups excluding carboxylic acids is 4. The summed E-state index contributed by atoms with van der Waals surface area (Å²) in [6.45, 7) is 4.99. The quantitative estimate of drug-likeness (QED) is 0.323. The van der Waals surface area contributed by atoms with Crippen molar-refractivity contribution >= 4 is 58.2 Å². The van der Waals surface area contributed by atoms with Gasteiger partial charge in [-0.2, -0.15) is 0 Å². The van der Waals surface area contributed by atoms with Crippen molar-refractivity contribution < 1.29 is 19.2 Å². The van der Waals surface area contributed by atoms with Gasteiger partial charge in [-0.05, 0) is 52.4 Å². The first-order valence-electron chi connectivity index (χ1n) is 13.1. The zero-order chi connectivity index (χ0) is 28.6. The Hall–Kier alpha value is -3.68. The second-order valence-corrected chi connectivity index (χ2v) is 12.1. The van der Waals surface area contributed by atoms with Crippen LogP contribution >= 0.6 is 23.2 Å². The van der Waals surface area contributed by atoms with Crippen LogP contribution in [0.2, 0.25) is 0 Å². The van der Waals surface area contributed by atoms with E-state index in [-0.39, 0.29) is 5.91 Å². The Labute approximate surface area is 241 Å². The van der Waals surface area contributed by atoms with Crippen LogP contribution in [-0.2, 0) is 28.9 Å². The number of hydrogen-bond acceptors (Lipinski definition) is 4. The maximum absolute atomic E-state index is 14.3. The van der Waals surface area contributed by atoms with E-state index < -0.39 is 51.3 Å². The van der Waals surface area contributed by atoms with Crippen molar-refractivity contribution in [3.8, 4) is 0 Å². The van der Waals surface area contributed by atoms with Crippen LogP contribution in [-0.4, -0.2) is 34.6 Å². The molecule has 2 N–H and O–H groups in total. The summed E-state index contributed by atoms with van der Waals surface area (Å²) >= 11 is 15.0. The smallest absolute Gasteiger partial charge is 0.247 e. The minimum absolute atomic E-state index is 0.212. The van der Waals surface area contributed by atoms with Crippen molar-refractivity contribution in [2.75, 3.05) is 10.6 Å². The van der Waals surface area contributed by atoms with Crippen LogP contribution in [0.1, 0.15) is 43.0 Å². The Morgan fingerprint density at radius 1 is 0.725 bits per heavy atom. The maximum Gasteiger partial charge on any atom is 0.247 e. The van der Waals surface area contributed by atoms with Gasteiger partial charge in [0.1, 0.15) is 15.8 Å². The lowest BCUT2D eigenvalue weighted by molar-refractivity contribution is -0.148. The molecule has 1 heterocycles. The molecule has 2 bridgehead atoms. The Balaban J connectivity index is 1.40. The third kappa shape index (κ3) is 3.50. The molecule has 3 aromatic carbocycles. The highest BCUT2D eigenvalue weighted by Crippen LogP contribution is 2.69. The third-order valence-corrected chi connectivity index (χ3v) is 9.56. The van der Waals surface area contributed by atoms with Gasteiger partial charge in [0.2, 0.25) is 23.6 Å². The molecule has 3 aromatic rings. The highest BCUT2D eigenvalue weighted by molar-refractivity contribution is 6.36. The molecule has 4 aliphatic rings. The summed E-state index contributed by atoms with van der Waals surface area (Å²) in [4.78, 5) is 52.1. The number of amides is 4. The highest BCUT2D eigenvalue weighted by Gasteiger charge is 2.73. The van der Waals surface area contributed by atoms with Gasteiger partial charge in [0, 0.05) is 18.3 Å². The van der Waals surface area contributed by atoms with Gasteiger partial charge in [-0.15, -0.1) is 23.2 Å². The number of nitrogens with one attached hydrogen (secondary N) is 2. The minimum Gasteiger partial charge on any atom is -0.326 e. The van der Waals surface area contributed by atoms with Crippen LogP contribution in [0.5, 0.6) is 0 Å². The molecular weight excluding hydrogens is 549 g/mol. The summed E-state index contributed by atoms with van der Waals surface area (Å²) in [5.41, 5.74) is 3.87. The first kappa shape index (κ1) is 26.5. The van der Waals surface area contributed by atoms with E-state index >= 15 is 0 Å². The average Bonchev–Trinajstić information content (AvgIpc) is 3.19. The van der Waals surface area contributed by atoms with Gasteiger partial charge in [0.05, 0.1) is 11.8 Å². The summed E-state index contributed by atoms with van der Waals surface area (Å²) < 4.78 is 0. The molecule has 204 valence electrons. The Bertz CT molecular complexity index is 1460. The van der Waals surface area contributed by atoms with Gasteiger partial charge in [0.15, 0.2) is 0 Å². The first-order chi connectivity index (χ1) is 19.0. The number of imide groups is 1. The molecule has 7 rings (SSSR count). The third-order valence-electron chi connectivity index (χ3n) is 8.27. The van der Waals surface area contributed by atoms with Crippen molar-refractivity contribution in [2.24, 2.45) is 17.8 Å². The second-order valence-electron chi connectivity index (χ2n) is 11.0. The molecule has 4 amide bonds. The molecular formula is C31H27Cl2N3O4. The van der Waals surface area contributed by atoms with Gasteiger partial charge in [-0.25, -0.2) is 0 Å². The maximum atomic E-state index is 14.3. The molecule has 0 radical (unpaired) electrons. The number of carbonyl (C=O) groups is 4. The van der Waals surface area contributed by atoms with Crippen LogP contribution in [0.15, 0.2) is 72.8 Å². The standard InChI is InChI=1S/C31H27Cl2N3O4/c1-16(2)26(27(38)35-19-14-12-18(13-15-19)34-17(3)37)36-28(39)24-25(29(36)40)31(33)21-9-5-4-8-20(21)30(24,32)22-10-6-7-11-23(22)31/h4-16,24-26H,1-3H3,(H,34,37)(H,35,38)/t24-,25-,26-,30?,31?/m0/s1. The molecule has 0 saturated carbocycles. The van der Waals surface area contributed by atoms with E-state index in [2.05, 4.69) is 10.6 Å². The largest absolute Gasteiger partial charge is 0.326 e. The second kappa shape index (κ2) is 9.18. The number of rotatable bonds is 5. The van der Waals surface area contributed by atoms with Crippen molar-refractivity contribution in [1.82, 2.24) is 4.90 Å². The molecule has 0 unspecified atom stereocenters. The fourth-order valence-corrected chi connectivity index (χ4v) is 7.84. The molecule has 1 saturated heterocycles. The van der Waals surface area contributed by atoms with E-state index in [1.807, 2.05) is 48.5 Å². The fourth-order valence-electron chi connectivity index (χ4n) is 6.74. The zero-order valence-corrected chi connectivity index (χ0v) is 23.6. The number of likely N-dealkylation sites (tertiary alicyclic amines) is 1. The summed E-state index contributed by atoms with van der Waals surface area (Å²) in [5.74, 6) is -4.08. The molecule has 0 aromatic heterocycles. The molecule has 40 heavy (non-hydrogen) atoms.